The molecule has 0 aromatic rings. The molecule has 3 N–H and O–H groups in total. The molecule has 2 rings (SSSR count). The van der Waals surface area contributed by atoms with Gasteiger partial charge in [0.05, 0.1) is 0 Å². The third-order valence-corrected chi connectivity index (χ3v) is 5.24. The number of carbonyl (C=O) groups excluding carboxylic acids is 1. The summed E-state index contributed by atoms with van der Waals surface area (Å²) < 4.78 is 0. The van der Waals surface area contributed by atoms with Crippen LogP contribution in [0.25, 0.3) is 0 Å². The minimum atomic E-state index is -0.740. The molecule has 2 bridgehead atoms. The van der Waals surface area contributed by atoms with Crippen LogP contribution < -0.4 is 10.6 Å². The van der Waals surface area contributed by atoms with Crippen molar-refractivity contribution in [1.29, 1.82) is 0 Å². The summed E-state index contributed by atoms with van der Waals surface area (Å²) in [5.41, 5.74) is 0. The lowest BCUT2D eigenvalue weighted by Gasteiger charge is -2.23. The van der Waals surface area contributed by atoms with Gasteiger partial charge in [-0.3, -0.25) is 4.79 Å². The molecule has 2 aliphatic rings. The third kappa shape index (κ3) is 4.90. The van der Waals surface area contributed by atoms with Crippen molar-refractivity contribution in [2.45, 2.75) is 64.3 Å². The molecule has 0 aromatic carbocycles. The van der Waals surface area contributed by atoms with Gasteiger partial charge in [0.25, 0.3) is 0 Å². The van der Waals surface area contributed by atoms with Gasteiger partial charge in [-0.15, -0.1) is 0 Å². The number of aliphatic carboxylic acids is 1. The average molecular weight is 296 g/mol. The van der Waals surface area contributed by atoms with E-state index in [2.05, 4.69) is 17.6 Å². The SMILES string of the molecule is CCC(CCNC(=O)NC1CC2CCC1C2)CCC(=O)O. The number of nitrogens with one attached hydrogen (secondary N) is 2. The molecule has 0 aromatic heterocycles. The zero-order valence-corrected chi connectivity index (χ0v) is 12.9. The molecule has 0 saturated heterocycles. The fraction of sp³-hybridized carbons (Fsp3) is 0.875. The van der Waals surface area contributed by atoms with Crippen molar-refractivity contribution < 1.29 is 14.7 Å². The Balaban J connectivity index is 1.59. The van der Waals surface area contributed by atoms with Gasteiger partial charge in [0, 0.05) is 19.0 Å². The molecule has 0 aliphatic heterocycles. The topological polar surface area (TPSA) is 78.4 Å². The Morgan fingerprint density at radius 3 is 2.62 bits per heavy atom. The summed E-state index contributed by atoms with van der Waals surface area (Å²) in [6.45, 7) is 2.70. The first-order valence-corrected chi connectivity index (χ1v) is 8.34. The molecule has 4 unspecified atom stereocenters. The van der Waals surface area contributed by atoms with Crippen LogP contribution >= 0.6 is 0 Å². The largest absolute Gasteiger partial charge is 0.481 e. The van der Waals surface area contributed by atoms with Crippen molar-refractivity contribution in [2.75, 3.05) is 6.54 Å². The van der Waals surface area contributed by atoms with Crippen molar-refractivity contribution in [1.82, 2.24) is 10.6 Å². The summed E-state index contributed by atoms with van der Waals surface area (Å²) >= 11 is 0. The fourth-order valence-electron chi connectivity index (χ4n) is 3.91. The van der Waals surface area contributed by atoms with Gasteiger partial charge in [0.1, 0.15) is 0 Å². The summed E-state index contributed by atoms with van der Waals surface area (Å²) in [6, 6.07) is 0.318. The van der Waals surface area contributed by atoms with Crippen LogP contribution in [0.2, 0.25) is 0 Å². The van der Waals surface area contributed by atoms with Crippen LogP contribution in [0.5, 0.6) is 0 Å². The minimum Gasteiger partial charge on any atom is -0.481 e. The van der Waals surface area contributed by atoms with Crippen LogP contribution in [0.3, 0.4) is 0 Å². The quantitative estimate of drug-likeness (QED) is 0.644. The normalized spacial score (nSPS) is 28.3. The minimum absolute atomic E-state index is 0.0550. The van der Waals surface area contributed by atoms with E-state index in [-0.39, 0.29) is 12.5 Å². The third-order valence-electron chi connectivity index (χ3n) is 5.24. The van der Waals surface area contributed by atoms with Crippen LogP contribution in [0.15, 0.2) is 0 Å². The van der Waals surface area contributed by atoms with Gasteiger partial charge < -0.3 is 15.7 Å². The summed E-state index contributed by atoms with van der Waals surface area (Å²) in [6.07, 6.45) is 7.77. The number of fused-ring (bicyclic) bond motifs is 2. The maximum atomic E-state index is 11.9. The predicted molar refractivity (Wildman–Crippen MR) is 81.0 cm³/mol. The molecule has 2 fully saturated rings. The Hall–Kier alpha value is -1.26. The van der Waals surface area contributed by atoms with Crippen molar-refractivity contribution in [3.8, 4) is 0 Å². The highest BCUT2D eigenvalue weighted by atomic mass is 16.4. The van der Waals surface area contributed by atoms with E-state index in [0.717, 1.165) is 25.2 Å². The zero-order valence-electron chi connectivity index (χ0n) is 12.9. The first-order valence-electron chi connectivity index (χ1n) is 8.34. The summed E-state index contributed by atoms with van der Waals surface area (Å²) in [5.74, 6) is 1.17. The highest BCUT2D eigenvalue weighted by Crippen LogP contribution is 2.44. The van der Waals surface area contributed by atoms with Gasteiger partial charge in [-0.2, -0.15) is 0 Å². The van der Waals surface area contributed by atoms with Crippen molar-refractivity contribution >= 4 is 12.0 Å². The highest BCUT2D eigenvalue weighted by molar-refractivity contribution is 5.74. The smallest absolute Gasteiger partial charge is 0.315 e. The van der Waals surface area contributed by atoms with Crippen LogP contribution in [0, 0.1) is 17.8 Å². The first-order chi connectivity index (χ1) is 10.1. The first kappa shape index (κ1) is 16.1. The Bertz CT molecular complexity index is 373. The van der Waals surface area contributed by atoms with Crippen molar-refractivity contribution in [3.63, 3.8) is 0 Å². The molecule has 21 heavy (non-hydrogen) atoms. The summed E-state index contributed by atoms with van der Waals surface area (Å²) in [5, 5.41) is 14.7. The lowest BCUT2D eigenvalue weighted by molar-refractivity contribution is -0.137. The van der Waals surface area contributed by atoms with Gasteiger partial charge in [-0.1, -0.05) is 19.8 Å². The number of rotatable bonds is 8. The molecule has 2 amide bonds. The van der Waals surface area contributed by atoms with E-state index in [4.69, 9.17) is 5.11 Å². The van der Waals surface area contributed by atoms with Gasteiger partial charge in [0.15, 0.2) is 0 Å². The standard InChI is InChI=1S/C16H28N2O3/c1-2-11(4-6-15(19)20)7-8-17-16(21)18-14-10-12-3-5-13(14)9-12/h11-14H,2-10H2,1H3,(H,19,20)(H2,17,18,21). The maximum absolute atomic E-state index is 11.9. The number of carboxylic acids is 1. The van der Waals surface area contributed by atoms with Crippen LogP contribution in [0.4, 0.5) is 4.79 Å². The second-order valence-electron chi connectivity index (χ2n) is 6.68. The maximum Gasteiger partial charge on any atom is 0.315 e. The lowest BCUT2D eigenvalue weighted by Crippen LogP contribution is -2.44. The van der Waals surface area contributed by atoms with Crippen LogP contribution in [0.1, 0.15) is 58.3 Å². The number of hydrogen-bond acceptors (Lipinski definition) is 2. The molecule has 5 nitrogen and oxygen atoms in total. The van der Waals surface area contributed by atoms with Gasteiger partial charge in [0.2, 0.25) is 0 Å². The molecule has 120 valence electrons. The molecule has 2 aliphatic carbocycles. The van der Waals surface area contributed by atoms with Gasteiger partial charge in [-0.25, -0.2) is 4.79 Å². The van der Waals surface area contributed by atoms with E-state index >= 15 is 0 Å². The predicted octanol–water partition coefficient (Wildman–Crippen LogP) is 2.76. The molecule has 0 spiro atoms. The average Bonchev–Trinajstić information content (AvgIpc) is 3.04. The van der Waals surface area contributed by atoms with E-state index in [0.29, 0.717) is 30.8 Å². The number of amides is 2. The molecule has 5 heteroatoms. The molecular weight excluding hydrogens is 268 g/mol. The number of hydrogen-bond donors (Lipinski definition) is 3. The Labute approximate surface area is 126 Å². The second-order valence-corrected chi connectivity index (χ2v) is 6.68. The number of urea groups is 1. The van der Waals surface area contributed by atoms with E-state index in [1.54, 1.807) is 0 Å². The van der Waals surface area contributed by atoms with Gasteiger partial charge in [-0.05, 0) is 49.9 Å². The molecule has 0 radical (unpaired) electrons. The highest BCUT2D eigenvalue weighted by Gasteiger charge is 2.40. The van der Waals surface area contributed by atoms with E-state index in [9.17, 15) is 9.59 Å². The Kier molecular flexibility index (Phi) is 5.88. The number of carbonyl (C=O) groups is 2. The zero-order chi connectivity index (χ0) is 15.2. The molecular formula is C16H28N2O3. The molecule has 4 atom stereocenters. The monoisotopic (exact) mass is 296 g/mol. The lowest BCUT2D eigenvalue weighted by atomic mass is 9.95. The Morgan fingerprint density at radius 1 is 1.24 bits per heavy atom. The molecule has 0 heterocycles. The summed E-state index contributed by atoms with van der Waals surface area (Å²) in [7, 11) is 0. The van der Waals surface area contributed by atoms with E-state index < -0.39 is 5.97 Å². The number of carboxylic acid groups (broad SMARTS) is 1. The van der Waals surface area contributed by atoms with E-state index in [1.807, 2.05) is 0 Å². The molecule has 2 saturated carbocycles. The van der Waals surface area contributed by atoms with E-state index in [1.165, 1.54) is 19.3 Å². The fourth-order valence-corrected chi connectivity index (χ4v) is 3.91. The Morgan fingerprint density at radius 2 is 2.05 bits per heavy atom. The second kappa shape index (κ2) is 7.66. The van der Waals surface area contributed by atoms with Crippen LogP contribution in [-0.2, 0) is 4.79 Å². The van der Waals surface area contributed by atoms with Crippen molar-refractivity contribution in [3.05, 3.63) is 0 Å². The van der Waals surface area contributed by atoms with Crippen LogP contribution in [-0.4, -0.2) is 29.7 Å². The van der Waals surface area contributed by atoms with Crippen molar-refractivity contribution in [2.24, 2.45) is 17.8 Å². The summed E-state index contributed by atoms with van der Waals surface area (Å²) in [4.78, 5) is 22.5. The van der Waals surface area contributed by atoms with Gasteiger partial charge >= 0.3 is 12.0 Å².